The predicted octanol–water partition coefficient (Wildman–Crippen LogP) is 7.24. The second kappa shape index (κ2) is 14.3. The first-order chi connectivity index (χ1) is 27.5. The molecule has 4 aromatic rings. The summed E-state index contributed by atoms with van der Waals surface area (Å²) in [5, 5.41) is 20.8. The molecule has 0 saturated carbocycles. The van der Waals surface area contributed by atoms with Gasteiger partial charge in [0.1, 0.15) is 22.6 Å². The van der Waals surface area contributed by atoms with Crippen molar-refractivity contribution in [1.82, 2.24) is 39.9 Å². The fourth-order valence-corrected chi connectivity index (χ4v) is 6.78. The summed E-state index contributed by atoms with van der Waals surface area (Å²) >= 11 is 0. The molecule has 1 aromatic carbocycles. The van der Waals surface area contributed by atoms with Crippen molar-refractivity contribution in [3.8, 4) is 0 Å². The molecule has 8 bridgehead atoms. The molecule has 15 heteroatoms. The zero-order chi connectivity index (χ0) is 40.0. The summed E-state index contributed by atoms with van der Waals surface area (Å²) in [4.78, 5) is 65.6. The molecule has 0 spiro atoms. The normalized spacial score (nSPS) is 17.3. The van der Waals surface area contributed by atoms with Gasteiger partial charge in [-0.3, -0.25) is 4.99 Å². The number of methoxy groups -OCH3 is 2. The lowest BCUT2D eigenvalue weighted by Crippen LogP contribution is -2.07. The van der Waals surface area contributed by atoms with Crippen LogP contribution in [0.15, 0.2) is 77.8 Å². The number of nitrogens with one attached hydrogen (secondary N) is 2. The first-order valence-electron chi connectivity index (χ1n) is 17.8. The number of carbonyl (C=O) groups is 2. The molecule has 4 N–H and O–H groups in total. The van der Waals surface area contributed by atoms with Crippen molar-refractivity contribution in [2.75, 3.05) is 21.3 Å². The van der Waals surface area contributed by atoms with E-state index in [1.54, 1.807) is 38.6 Å². The van der Waals surface area contributed by atoms with Gasteiger partial charge >= 0.3 is 11.9 Å². The molecule has 0 saturated heterocycles. The molecule has 8 rings (SSSR count). The van der Waals surface area contributed by atoms with Gasteiger partial charge in [0.2, 0.25) is 0 Å². The standard InChI is InChI=1S/C42H35N9O6/c1-42(2)15-12-25-26(13-16-42)36-47-33-23-10-8-21(57-5)9-11-24(23)34(46-33)49-38-28-19-30(40(52)53)31(41(54)55)20-29(28)39(51-38)50-37-27(14-17-43-3)22(7-6-18-56-4)32(45-37)44-35(25)48-36/h6-7,9-20H,8H2,1-5H3,(H,52,53)(H,54,55)(H2,44,45,46,47,48,49,50,51)/b18-6+,22-7+,27-14+,43-17?. The van der Waals surface area contributed by atoms with Crippen LogP contribution in [0, 0.1) is 5.41 Å². The number of aromatic carboxylic acids is 2. The van der Waals surface area contributed by atoms with Crippen molar-refractivity contribution in [3.63, 3.8) is 0 Å². The Labute approximate surface area is 324 Å². The van der Waals surface area contributed by atoms with E-state index in [0.29, 0.717) is 68.2 Å². The zero-order valence-corrected chi connectivity index (χ0v) is 31.4. The van der Waals surface area contributed by atoms with Crippen molar-refractivity contribution >= 4 is 86.0 Å². The minimum atomic E-state index is -1.42. The van der Waals surface area contributed by atoms with Crippen molar-refractivity contribution in [1.29, 1.82) is 0 Å². The number of H-pyrrole nitrogens is 2. The van der Waals surface area contributed by atoms with Crippen molar-refractivity contribution in [2.45, 2.75) is 20.3 Å². The topological polar surface area (TPSA) is 214 Å². The van der Waals surface area contributed by atoms with Crippen LogP contribution in [0.5, 0.6) is 0 Å². The molecule has 2 aliphatic heterocycles. The zero-order valence-electron chi connectivity index (χ0n) is 31.4. The third kappa shape index (κ3) is 6.64. The van der Waals surface area contributed by atoms with Gasteiger partial charge in [-0.25, -0.2) is 39.5 Å². The molecule has 15 nitrogen and oxygen atoms in total. The smallest absolute Gasteiger partial charge is 0.336 e. The number of carboxylic acids is 2. The van der Waals surface area contributed by atoms with E-state index in [9.17, 15) is 19.8 Å². The summed E-state index contributed by atoms with van der Waals surface area (Å²) < 4.78 is 10.8. The Balaban J connectivity index is 1.59. The quantitative estimate of drug-likeness (QED) is 0.113. The van der Waals surface area contributed by atoms with Crippen LogP contribution < -0.4 is 0 Å². The van der Waals surface area contributed by atoms with Crippen molar-refractivity contribution < 1.29 is 29.3 Å². The summed E-state index contributed by atoms with van der Waals surface area (Å²) in [6, 6.07) is 2.55. The number of nitrogens with zero attached hydrogens (tertiary/aromatic N) is 7. The van der Waals surface area contributed by atoms with E-state index >= 15 is 0 Å². The highest BCUT2D eigenvalue weighted by Crippen LogP contribution is 2.39. The number of hydrogen-bond acceptors (Lipinski definition) is 11. The summed E-state index contributed by atoms with van der Waals surface area (Å²) in [5.74, 6) is -0.956. The fourth-order valence-electron chi connectivity index (χ4n) is 6.78. The van der Waals surface area contributed by atoms with Crippen LogP contribution in [0.25, 0.3) is 67.8 Å². The fraction of sp³-hybridized carbons (Fsp3) is 0.167. The average Bonchev–Trinajstić information content (AvgIpc) is 3.79. The van der Waals surface area contributed by atoms with Crippen LogP contribution in [-0.4, -0.2) is 89.5 Å². The van der Waals surface area contributed by atoms with E-state index in [2.05, 4.69) is 41.0 Å². The van der Waals surface area contributed by atoms with Crippen LogP contribution in [0.1, 0.15) is 75.4 Å². The minimum absolute atomic E-state index is 0.174. The Bertz CT molecular complexity index is 2900. The number of aromatic nitrogens is 8. The number of carboxylic acid groups (broad SMARTS) is 2. The molecule has 0 amide bonds. The van der Waals surface area contributed by atoms with Crippen LogP contribution in [0.3, 0.4) is 0 Å². The summed E-state index contributed by atoms with van der Waals surface area (Å²) in [6.45, 7) is 4.21. The van der Waals surface area contributed by atoms with Gasteiger partial charge in [0.25, 0.3) is 0 Å². The molecule has 0 fully saturated rings. The Morgan fingerprint density at radius 2 is 1.30 bits per heavy atom. The van der Waals surface area contributed by atoms with Gasteiger partial charge in [-0.2, -0.15) is 0 Å². The SMILES string of the molecule is CN=C\C=C1/C(=C\C=C\OC)c2nc1nc1[nH]c(nc3nc(nc4[nH]c(n2)c2c4C=CC(C)(C)C=C2)C2=CCC(OC)=CC=C23)c2cc(C(=O)O)c(C(=O)O)cc12. The predicted molar refractivity (Wildman–Crippen MR) is 218 cm³/mol. The lowest BCUT2D eigenvalue weighted by molar-refractivity contribution is 0.0652. The minimum Gasteiger partial charge on any atom is -0.504 e. The molecular formula is C42H35N9O6. The highest BCUT2D eigenvalue weighted by Gasteiger charge is 2.28. The molecule has 2 aliphatic carbocycles. The lowest BCUT2D eigenvalue weighted by atomic mass is 9.93. The number of fused-ring (bicyclic) bond motifs is 17. The first kappa shape index (κ1) is 36.4. The molecule has 5 heterocycles. The molecule has 284 valence electrons. The van der Waals surface area contributed by atoms with Gasteiger partial charge in [-0.1, -0.05) is 44.2 Å². The largest absolute Gasteiger partial charge is 0.504 e. The number of aliphatic imine (C=N–C) groups is 1. The number of hydrogen-bond donors (Lipinski definition) is 4. The second-order valence-corrected chi connectivity index (χ2v) is 13.9. The van der Waals surface area contributed by atoms with Gasteiger partial charge < -0.3 is 29.7 Å². The van der Waals surface area contributed by atoms with E-state index < -0.39 is 23.1 Å². The average molecular weight is 762 g/mol. The number of benzene rings is 1. The second-order valence-electron chi connectivity index (χ2n) is 13.9. The Morgan fingerprint density at radius 1 is 0.754 bits per heavy atom. The number of allylic oxidation sites excluding steroid dienone is 12. The highest BCUT2D eigenvalue weighted by molar-refractivity contribution is 6.14. The van der Waals surface area contributed by atoms with E-state index in [1.807, 2.05) is 30.4 Å². The molecule has 0 unspecified atom stereocenters. The molecule has 0 atom stereocenters. The number of ether oxygens (including phenoxy) is 2. The van der Waals surface area contributed by atoms with Gasteiger partial charge in [0, 0.05) is 69.3 Å². The van der Waals surface area contributed by atoms with Crippen LogP contribution in [0.2, 0.25) is 0 Å². The van der Waals surface area contributed by atoms with Gasteiger partial charge in [0.15, 0.2) is 23.3 Å². The molecule has 4 aliphatic rings. The Morgan fingerprint density at radius 3 is 1.89 bits per heavy atom. The van der Waals surface area contributed by atoms with Crippen LogP contribution in [0.4, 0.5) is 0 Å². The molecular weight excluding hydrogens is 727 g/mol. The van der Waals surface area contributed by atoms with E-state index in [4.69, 9.17) is 39.4 Å². The Hall–Kier alpha value is -7.55. The van der Waals surface area contributed by atoms with E-state index in [1.165, 1.54) is 25.5 Å². The first-order valence-corrected chi connectivity index (χ1v) is 17.8. The highest BCUT2D eigenvalue weighted by atomic mass is 16.5. The number of rotatable bonds is 6. The van der Waals surface area contributed by atoms with E-state index in [-0.39, 0.29) is 28.4 Å². The van der Waals surface area contributed by atoms with Gasteiger partial charge in [-0.15, -0.1) is 0 Å². The third-order valence-corrected chi connectivity index (χ3v) is 9.67. The monoisotopic (exact) mass is 761 g/mol. The van der Waals surface area contributed by atoms with Gasteiger partial charge in [0.05, 0.1) is 37.4 Å². The summed E-state index contributed by atoms with van der Waals surface area (Å²) in [6.07, 6.45) is 22.7. The lowest BCUT2D eigenvalue weighted by Gasteiger charge is -2.12. The number of aromatic amines is 2. The van der Waals surface area contributed by atoms with Crippen LogP contribution >= 0.6 is 0 Å². The van der Waals surface area contributed by atoms with Crippen molar-refractivity contribution in [3.05, 3.63) is 118 Å². The third-order valence-electron chi connectivity index (χ3n) is 9.67. The molecule has 57 heavy (non-hydrogen) atoms. The Kier molecular flexibility index (Phi) is 9.12. The van der Waals surface area contributed by atoms with Crippen LogP contribution in [-0.2, 0) is 9.47 Å². The molecule has 0 radical (unpaired) electrons. The van der Waals surface area contributed by atoms with Gasteiger partial charge in [-0.05, 0) is 42.5 Å². The van der Waals surface area contributed by atoms with Crippen molar-refractivity contribution in [2.24, 2.45) is 10.4 Å². The maximum Gasteiger partial charge on any atom is 0.336 e. The summed E-state index contributed by atoms with van der Waals surface area (Å²) in [5.41, 5.74) is 4.31. The molecule has 3 aromatic heterocycles. The summed E-state index contributed by atoms with van der Waals surface area (Å²) in [7, 11) is 4.77. The maximum absolute atomic E-state index is 12.4. The maximum atomic E-state index is 12.4. The van der Waals surface area contributed by atoms with E-state index in [0.717, 1.165) is 11.1 Å².